The van der Waals surface area contributed by atoms with Crippen LogP contribution in [0.2, 0.25) is 0 Å². The molecular formula is C19H27N5O4S. The van der Waals surface area contributed by atoms with Crippen LogP contribution in [-0.2, 0) is 14.8 Å². The van der Waals surface area contributed by atoms with E-state index in [0.29, 0.717) is 37.2 Å². The first-order chi connectivity index (χ1) is 13.9. The maximum absolute atomic E-state index is 12.6. The van der Waals surface area contributed by atoms with E-state index in [1.165, 1.54) is 7.11 Å². The Morgan fingerprint density at radius 2 is 1.90 bits per heavy atom. The Morgan fingerprint density at radius 3 is 2.62 bits per heavy atom. The summed E-state index contributed by atoms with van der Waals surface area (Å²) in [6.07, 6.45) is 0. The van der Waals surface area contributed by atoms with Crippen molar-refractivity contribution in [3.8, 4) is 5.75 Å². The molecule has 0 aliphatic carbocycles. The minimum atomic E-state index is -3.68. The van der Waals surface area contributed by atoms with Crippen molar-refractivity contribution in [2.45, 2.75) is 18.7 Å². The molecule has 1 fully saturated rings. The fraction of sp³-hybridized carbons (Fsp3) is 0.474. The summed E-state index contributed by atoms with van der Waals surface area (Å²) in [7, 11) is -2.23. The van der Waals surface area contributed by atoms with Gasteiger partial charge < -0.3 is 19.7 Å². The Morgan fingerprint density at radius 1 is 1.14 bits per heavy atom. The second kappa shape index (κ2) is 9.38. The van der Waals surface area contributed by atoms with E-state index in [2.05, 4.69) is 24.9 Å². The summed E-state index contributed by atoms with van der Waals surface area (Å²) in [6, 6.07) is 6.93. The van der Waals surface area contributed by atoms with Crippen LogP contribution in [0, 0.1) is 13.8 Å². The van der Waals surface area contributed by atoms with E-state index in [-0.39, 0.29) is 11.4 Å². The van der Waals surface area contributed by atoms with E-state index < -0.39 is 10.0 Å². The number of nitrogens with one attached hydrogen (secondary N) is 2. The number of hydrogen-bond acceptors (Lipinski definition) is 8. The first-order valence-corrected chi connectivity index (χ1v) is 10.9. The lowest BCUT2D eigenvalue weighted by Crippen LogP contribution is -2.37. The molecule has 0 unspecified atom stereocenters. The third-order valence-corrected chi connectivity index (χ3v) is 5.97. The molecule has 0 spiro atoms. The lowest BCUT2D eigenvalue weighted by molar-refractivity contribution is 0.122. The maximum atomic E-state index is 12.6. The number of aromatic nitrogens is 2. The summed E-state index contributed by atoms with van der Waals surface area (Å²) in [6.45, 7) is 7.18. The number of nitrogens with zero attached hydrogens (tertiary/aromatic N) is 3. The van der Waals surface area contributed by atoms with E-state index in [9.17, 15) is 8.42 Å². The number of morpholine rings is 1. The van der Waals surface area contributed by atoms with Crippen LogP contribution in [0.25, 0.3) is 0 Å². The minimum absolute atomic E-state index is 0.132. The molecule has 0 radical (unpaired) electrons. The van der Waals surface area contributed by atoms with Crippen molar-refractivity contribution in [1.82, 2.24) is 14.7 Å². The molecule has 1 aliphatic heterocycles. The number of ether oxygens (including phenoxy) is 2. The van der Waals surface area contributed by atoms with Crippen LogP contribution in [0.5, 0.6) is 5.75 Å². The van der Waals surface area contributed by atoms with E-state index in [1.807, 2.05) is 26.0 Å². The van der Waals surface area contributed by atoms with Gasteiger partial charge in [-0.25, -0.2) is 23.1 Å². The molecule has 1 aromatic carbocycles. The molecule has 158 valence electrons. The highest BCUT2D eigenvalue weighted by Crippen LogP contribution is 2.24. The number of sulfonamides is 1. The summed E-state index contributed by atoms with van der Waals surface area (Å²) in [4.78, 5) is 11.1. The topological polar surface area (TPSA) is 106 Å². The molecule has 0 bridgehead atoms. The Labute approximate surface area is 171 Å². The summed E-state index contributed by atoms with van der Waals surface area (Å²) in [5, 5.41) is 3.16. The zero-order chi connectivity index (χ0) is 20.9. The highest BCUT2D eigenvalue weighted by molar-refractivity contribution is 7.89. The molecule has 0 saturated carbocycles. The molecule has 2 N–H and O–H groups in total. The van der Waals surface area contributed by atoms with Crippen molar-refractivity contribution in [3.63, 3.8) is 0 Å². The smallest absolute Gasteiger partial charge is 0.244 e. The van der Waals surface area contributed by atoms with Gasteiger partial charge in [0, 0.05) is 32.2 Å². The fourth-order valence-electron chi connectivity index (χ4n) is 3.04. The van der Waals surface area contributed by atoms with Crippen LogP contribution < -0.4 is 19.7 Å². The van der Waals surface area contributed by atoms with Gasteiger partial charge in [-0.3, -0.25) is 0 Å². The Balaban J connectivity index is 1.60. The molecule has 2 heterocycles. The Bertz CT molecular complexity index is 946. The highest BCUT2D eigenvalue weighted by Gasteiger charge is 2.19. The van der Waals surface area contributed by atoms with Gasteiger partial charge in [-0.15, -0.1) is 0 Å². The molecule has 3 rings (SSSR count). The van der Waals surface area contributed by atoms with Crippen LogP contribution in [0.4, 0.5) is 11.6 Å². The number of hydrogen-bond donors (Lipinski definition) is 2. The molecular weight excluding hydrogens is 394 g/mol. The molecule has 10 heteroatoms. The molecule has 0 amide bonds. The van der Waals surface area contributed by atoms with Crippen molar-refractivity contribution in [2.24, 2.45) is 0 Å². The van der Waals surface area contributed by atoms with Crippen molar-refractivity contribution in [3.05, 3.63) is 35.7 Å². The lowest BCUT2D eigenvalue weighted by atomic mass is 10.2. The number of methoxy groups -OCH3 is 1. The van der Waals surface area contributed by atoms with Gasteiger partial charge >= 0.3 is 0 Å². The molecule has 2 aromatic rings. The predicted octanol–water partition coefficient (Wildman–Crippen LogP) is 1.33. The van der Waals surface area contributed by atoms with Crippen LogP contribution in [0.15, 0.2) is 29.2 Å². The van der Waals surface area contributed by atoms with Crippen LogP contribution in [-0.4, -0.2) is 64.9 Å². The normalized spacial score (nSPS) is 14.7. The molecule has 1 aliphatic rings. The SMILES string of the molecule is COc1ccc(C)cc1S(=O)(=O)NCCNc1cc(N2CCOCC2)nc(C)n1. The van der Waals surface area contributed by atoms with Gasteiger partial charge in [0.15, 0.2) is 0 Å². The van der Waals surface area contributed by atoms with Gasteiger partial charge in [-0.05, 0) is 31.5 Å². The number of anilines is 2. The average molecular weight is 422 g/mol. The summed E-state index contributed by atoms with van der Waals surface area (Å²) >= 11 is 0. The zero-order valence-corrected chi connectivity index (χ0v) is 17.8. The van der Waals surface area contributed by atoms with E-state index in [0.717, 1.165) is 24.5 Å². The van der Waals surface area contributed by atoms with Gasteiger partial charge in [-0.1, -0.05) is 6.07 Å². The number of rotatable bonds is 8. The second-order valence-electron chi connectivity index (χ2n) is 6.74. The van der Waals surface area contributed by atoms with E-state index >= 15 is 0 Å². The molecule has 1 aromatic heterocycles. The summed E-state index contributed by atoms with van der Waals surface area (Å²) in [5.41, 5.74) is 0.844. The summed E-state index contributed by atoms with van der Waals surface area (Å²) < 4.78 is 38.4. The fourth-order valence-corrected chi connectivity index (χ4v) is 4.33. The van der Waals surface area contributed by atoms with Gasteiger partial charge in [0.1, 0.15) is 28.1 Å². The van der Waals surface area contributed by atoms with E-state index in [4.69, 9.17) is 9.47 Å². The van der Waals surface area contributed by atoms with Crippen molar-refractivity contribution in [1.29, 1.82) is 0 Å². The van der Waals surface area contributed by atoms with Crippen LogP contribution >= 0.6 is 0 Å². The predicted molar refractivity (Wildman–Crippen MR) is 111 cm³/mol. The van der Waals surface area contributed by atoms with Crippen molar-refractivity contribution >= 4 is 21.7 Å². The number of benzene rings is 1. The second-order valence-corrected chi connectivity index (χ2v) is 8.47. The van der Waals surface area contributed by atoms with Crippen molar-refractivity contribution in [2.75, 3.05) is 56.7 Å². The monoisotopic (exact) mass is 421 g/mol. The first kappa shape index (κ1) is 21.3. The maximum Gasteiger partial charge on any atom is 0.244 e. The third-order valence-electron chi connectivity index (χ3n) is 4.49. The van der Waals surface area contributed by atoms with Gasteiger partial charge in [0.2, 0.25) is 10.0 Å². The third kappa shape index (κ3) is 5.55. The van der Waals surface area contributed by atoms with Crippen molar-refractivity contribution < 1.29 is 17.9 Å². The average Bonchev–Trinajstić information content (AvgIpc) is 2.71. The summed E-state index contributed by atoms with van der Waals surface area (Å²) in [5.74, 6) is 2.47. The van der Waals surface area contributed by atoms with Gasteiger partial charge in [0.25, 0.3) is 0 Å². The van der Waals surface area contributed by atoms with Crippen LogP contribution in [0.3, 0.4) is 0 Å². The standard InChI is InChI=1S/C19H27N5O4S/c1-14-4-5-16(27-3)17(12-14)29(25,26)21-7-6-20-18-13-19(23-15(2)22-18)24-8-10-28-11-9-24/h4-5,12-13,21H,6-11H2,1-3H3,(H,20,22,23). The Kier molecular flexibility index (Phi) is 6.88. The largest absolute Gasteiger partial charge is 0.495 e. The molecule has 29 heavy (non-hydrogen) atoms. The zero-order valence-electron chi connectivity index (χ0n) is 16.9. The first-order valence-electron chi connectivity index (χ1n) is 9.45. The van der Waals surface area contributed by atoms with Gasteiger partial charge in [0.05, 0.1) is 20.3 Å². The highest BCUT2D eigenvalue weighted by atomic mass is 32.2. The quantitative estimate of drug-likeness (QED) is 0.615. The number of aryl methyl sites for hydroxylation is 2. The van der Waals surface area contributed by atoms with E-state index in [1.54, 1.807) is 12.1 Å². The molecule has 9 nitrogen and oxygen atoms in total. The van der Waals surface area contributed by atoms with Crippen LogP contribution in [0.1, 0.15) is 11.4 Å². The molecule has 0 atom stereocenters. The lowest BCUT2D eigenvalue weighted by Gasteiger charge is -2.28. The Hall–Kier alpha value is -2.43. The molecule has 1 saturated heterocycles. The van der Waals surface area contributed by atoms with Gasteiger partial charge in [-0.2, -0.15) is 0 Å². The minimum Gasteiger partial charge on any atom is -0.495 e.